The van der Waals surface area contributed by atoms with Crippen LogP contribution in [-0.2, 0) is 0 Å². The minimum atomic E-state index is -0.860. The van der Waals surface area contributed by atoms with Gasteiger partial charge in [0.1, 0.15) is 0 Å². The number of hydrogen-bond donors (Lipinski definition) is 2. The SMILES string of the molecule is C[C@]12CC[C@@H](NC(=O)O)CC1CCC1C2CC[C@]2(C)C(c3cccnc3)=CCC12. The molecule has 5 rings (SSSR count). The van der Waals surface area contributed by atoms with E-state index in [2.05, 4.69) is 42.4 Å². The van der Waals surface area contributed by atoms with Crippen LogP contribution in [0.3, 0.4) is 0 Å². The zero-order chi connectivity index (χ0) is 20.2. The van der Waals surface area contributed by atoms with Crippen LogP contribution < -0.4 is 5.32 Å². The third-order valence-corrected chi connectivity index (χ3v) is 9.55. The molecule has 0 aliphatic heterocycles. The minimum Gasteiger partial charge on any atom is -0.465 e. The molecule has 0 spiro atoms. The van der Waals surface area contributed by atoms with E-state index in [9.17, 15) is 4.79 Å². The van der Waals surface area contributed by atoms with Crippen molar-refractivity contribution in [3.63, 3.8) is 0 Å². The molecular formula is C25H34N2O2. The van der Waals surface area contributed by atoms with Crippen molar-refractivity contribution in [3.05, 3.63) is 36.2 Å². The number of carboxylic acid groups (broad SMARTS) is 1. The molecule has 1 heterocycles. The Bertz CT molecular complexity index is 821. The predicted molar refractivity (Wildman–Crippen MR) is 114 cm³/mol. The van der Waals surface area contributed by atoms with Crippen LogP contribution in [0.4, 0.5) is 4.79 Å². The van der Waals surface area contributed by atoms with Crippen LogP contribution >= 0.6 is 0 Å². The second-order valence-electron chi connectivity index (χ2n) is 10.6. The second kappa shape index (κ2) is 6.85. The molecule has 4 heteroatoms. The van der Waals surface area contributed by atoms with E-state index < -0.39 is 6.09 Å². The summed E-state index contributed by atoms with van der Waals surface area (Å²) in [4.78, 5) is 15.5. The van der Waals surface area contributed by atoms with Crippen molar-refractivity contribution >= 4 is 11.7 Å². The van der Waals surface area contributed by atoms with Gasteiger partial charge >= 0.3 is 6.09 Å². The summed E-state index contributed by atoms with van der Waals surface area (Å²) in [6, 6.07) is 4.45. The summed E-state index contributed by atoms with van der Waals surface area (Å²) in [6.07, 6.45) is 15.2. The van der Waals surface area contributed by atoms with Gasteiger partial charge in [-0.15, -0.1) is 0 Å². The molecule has 1 aromatic rings. The first kappa shape index (κ1) is 19.1. The van der Waals surface area contributed by atoms with Crippen LogP contribution in [0.2, 0.25) is 0 Å². The highest BCUT2D eigenvalue weighted by Gasteiger charge is 2.58. The molecule has 4 unspecified atom stereocenters. The third kappa shape index (κ3) is 2.93. The summed E-state index contributed by atoms with van der Waals surface area (Å²) in [5.74, 6) is 3.03. The lowest BCUT2D eigenvalue weighted by atomic mass is 9.44. The van der Waals surface area contributed by atoms with Crippen molar-refractivity contribution in [2.45, 2.75) is 71.3 Å². The molecule has 7 atom stereocenters. The molecule has 0 aromatic carbocycles. The van der Waals surface area contributed by atoms with Gasteiger partial charge in [-0.25, -0.2) is 4.79 Å². The van der Waals surface area contributed by atoms with Gasteiger partial charge in [0.05, 0.1) is 0 Å². The van der Waals surface area contributed by atoms with E-state index in [1.54, 1.807) is 0 Å². The van der Waals surface area contributed by atoms with E-state index in [0.717, 1.165) is 30.6 Å². The number of nitrogens with zero attached hydrogens (tertiary/aromatic N) is 1. The van der Waals surface area contributed by atoms with Crippen molar-refractivity contribution in [1.29, 1.82) is 0 Å². The van der Waals surface area contributed by atoms with Crippen molar-refractivity contribution in [2.24, 2.45) is 34.5 Å². The Balaban J connectivity index is 1.37. The molecule has 1 aromatic heterocycles. The van der Waals surface area contributed by atoms with Crippen LogP contribution in [0, 0.1) is 34.5 Å². The van der Waals surface area contributed by atoms with Gasteiger partial charge in [-0.05, 0) is 103 Å². The van der Waals surface area contributed by atoms with Crippen LogP contribution in [0.15, 0.2) is 30.6 Å². The maximum atomic E-state index is 11.1. The predicted octanol–water partition coefficient (Wildman–Crippen LogP) is 5.75. The van der Waals surface area contributed by atoms with Gasteiger partial charge in [0.2, 0.25) is 0 Å². The van der Waals surface area contributed by atoms with E-state index in [4.69, 9.17) is 5.11 Å². The summed E-state index contributed by atoms with van der Waals surface area (Å²) < 4.78 is 0. The average Bonchev–Trinajstić information content (AvgIpc) is 3.06. The number of amides is 1. The zero-order valence-electron chi connectivity index (χ0n) is 17.7. The Morgan fingerprint density at radius 2 is 2.03 bits per heavy atom. The standard InChI is InChI=1S/C25H34N2O2/c1-24-11-9-18(27-23(28)29)14-17(24)5-6-19-21-8-7-20(16-4-3-13-26-15-16)25(21,2)12-10-22(19)24/h3-4,7,13,15,17-19,21-22,27H,5-6,8-12,14H2,1-2H3,(H,28,29)/t17?,18-,19?,21?,22?,24+,25-/m1/s1. The molecule has 1 amide bonds. The highest BCUT2D eigenvalue weighted by molar-refractivity contribution is 5.72. The first-order chi connectivity index (χ1) is 13.9. The number of hydrogen-bond acceptors (Lipinski definition) is 2. The van der Waals surface area contributed by atoms with E-state index >= 15 is 0 Å². The summed E-state index contributed by atoms with van der Waals surface area (Å²) in [5.41, 5.74) is 3.53. The van der Waals surface area contributed by atoms with Gasteiger partial charge in [-0.2, -0.15) is 0 Å². The van der Waals surface area contributed by atoms with Gasteiger partial charge in [0.15, 0.2) is 0 Å². The molecule has 156 valence electrons. The molecule has 0 saturated heterocycles. The van der Waals surface area contributed by atoms with E-state index in [1.165, 1.54) is 49.7 Å². The normalized spacial score (nSPS) is 43.5. The molecule has 0 radical (unpaired) electrons. The van der Waals surface area contributed by atoms with E-state index in [0.29, 0.717) is 11.3 Å². The Hall–Kier alpha value is -1.84. The van der Waals surface area contributed by atoms with E-state index in [-0.39, 0.29) is 11.5 Å². The van der Waals surface area contributed by atoms with Crippen LogP contribution in [0.25, 0.3) is 5.57 Å². The molecule has 2 N–H and O–H groups in total. The topological polar surface area (TPSA) is 62.2 Å². The molecule has 29 heavy (non-hydrogen) atoms. The van der Waals surface area contributed by atoms with Gasteiger partial charge in [-0.3, -0.25) is 4.98 Å². The van der Waals surface area contributed by atoms with Crippen molar-refractivity contribution in [1.82, 2.24) is 10.3 Å². The smallest absolute Gasteiger partial charge is 0.404 e. The third-order valence-electron chi connectivity index (χ3n) is 9.55. The van der Waals surface area contributed by atoms with Crippen molar-refractivity contribution < 1.29 is 9.90 Å². The first-order valence-electron chi connectivity index (χ1n) is 11.5. The molecule has 0 bridgehead atoms. The lowest BCUT2D eigenvalue weighted by Gasteiger charge is -2.61. The number of allylic oxidation sites excluding steroid dienone is 2. The van der Waals surface area contributed by atoms with Crippen LogP contribution in [0.1, 0.15) is 70.8 Å². The van der Waals surface area contributed by atoms with Gasteiger partial charge in [0.25, 0.3) is 0 Å². The van der Waals surface area contributed by atoms with Crippen molar-refractivity contribution in [3.8, 4) is 0 Å². The van der Waals surface area contributed by atoms with Crippen LogP contribution in [-0.4, -0.2) is 22.2 Å². The van der Waals surface area contributed by atoms with E-state index in [1.807, 2.05) is 12.4 Å². The molecule has 3 fully saturated rings. The largest absolute Gasteiger partial charge is 0.465 e. The maximum absolute atomic E-state index is 11.1. The fourth-order valence-electron chi connectivity index (χ4n) is 8.10. The number of fused-ring (bicyclic) bond motifs is 5. The molecule has 3 saturated carbocycles. The summed E-state index contributed by atoms with van der Waals surface area (Å²) >= 11 is 0. The first-order valence-corrected chi connectivity index (χ1v) is 11.5. The molecule has 4 aliphatic carbocycles. The number of aromatic nitrogens is 1. The molecular weight excluding hydrogens is 360 g/mol. The number of nitrogens with one attached hydrogen (secondary N) is 1. The summed E-state index contributed by atoms with van der Waals surface area (Å²) in [6.45, 7) is 5.06. The number of carbonyl (C=O) groups is 1. The number of pyridine rings is 1. The highest BCUT2D eigenvalue weighted by atomic mass is 16.4. The lowest BCUT2D eigenvalue weighted by molar-refractivity contribution is -0.0996. The van der Waals surface area contributed by atoms with Gasteiger partial charge < -0.3 is 10.4 Å². The monoisotopic (exact) mass is 394 g/mol. The minimum absolute atomic E-state index is 0.154. The quantitative estimate of drug-likeness (QED) is 0.671. The Morgan fingerprint density at radius 1 is 1.17 bits per heavy atom. The highest BCUT2D eigenvalue weighted by Crippen LogP contribution is 2.67. The Labute approximate surface area is 174 Å². The fourth-order valence-corrected chi connectivity index (χ4v) is 8.10. The summed E-state index contributed by atoms with van der Waals surface area (Å²) in [7, 11) is 0. The average molecular weight is 395 g/mol. The van der Waals surface area contributed by atoms with Crippen molar-refractivity contribution in [2.75, 3.05) is 0 Å². The second-order valence-corrected chi connectivity index (χ2v) is 10.6. The maximum Gasteiger partial charge on any atom is 0.404 e. The summed E-state index contributed by atoms with van der Waals surface area (Å²) in [5, 5.41) is 11.9. The van der Waals surface area contributed by atoms with Crippen LogP contribution in [0.5, 0.6) is 0 Å². The Morgan fingerprint density at radius 3 is 2.79 bits per heavy atom. The zero-order valence-corrected chi connectivity index (χ0v) is 17.7. The lowest BCUT2D eigenvalue weighted by Crippen LogP contribution is -2.55. The number of rotatable bonds is 2. The fraction of sp³-hybridized carbons (Fsp3) is 0.680. The molecule has 4 nitrogen and oxygen atoms in total. The van der Waals surface area contributed by atoms with Gasteiger partial charge in [0, 0.05) is 18.4 Å². The molecule has 4 aliphatic rings. The Kier molecular flexibility index (Phi) is 4.52. The van der Waals surface area contributed by atoms with Gasteiger partial charge in [-0.1, -0.05) is 26.0 Å².